The van der Waals surface area contributed by atoms with Crippen molar-refractivity contribution in [1.82, 2.24) is 9.78 Å². The van der Waals surface area contributed by atoms with E-state index in [0.29, 0.717) is 22.8 Å². The highest BCUT2D eigenvalue weighted by Crippen LogP contribution is 2.30. The monoisotopic (exact) mass is 450 g/mol. The molecule has 1 aromatic carbocycles. The molecule has 1 fully saturated rings. The molecule has 0 radical (unpaired) electrons. The molecule has 0 bridgehead atoms. The van der Waals surface area contributed by atoms with Gasteiger partial charge in [-0.1, -0.05) is 56.6 Å². The van der Waals surface area contributed by atoms with Crippen molar-refractivity contribution in [3.63, 3.8) is 0 Å². The molecular weight excluding hydrogens is 424 g/mol. The summed E-state index contributed by atoms with van der Waals surface area (Å²) in [4.78, 5) is 12.1. The zero-order chi connectivity index (χ0) is 22.1. The van der Waals surface area contributed by atoms with Gasteiger partial charge in [0.1, 0.15) is 11.8 Å². The van der Waals surface area contributed by atoms with Gasteiger partial charge in [-0.3, -0.25) is 0 Å². The fourth-order valence-corrected chi connectivity index (χ4v) is 5.45. The molecule has 0 N–H and O–H groups in total. The first kappa shape index (κ1) is 22.6. The normalized spacial score (nSPS) is 18.8. The Kier molecular flexibility index (Phi) is 6.43. The van der Waals surface area contributed by atoms with E-state index >= 15 is 0 Å². The molecule has 1 saturated heterocycles. The summed E-state index contributed by atoms with van der Waals surface area (Å²) in [7, 11) is -3.05. The van der Waals surface area contributed by atoms with Gasteiger partial charge < -0.3 is 4.74 Å². The summed E-state index contributed by atoms with van der Waals surface area (Å²) in [6.45, 7) is 8.39. The Labute approximate surface area is 182 Å². The lowest BCUT2D eigenvalue weighted by Gasteiger charge is -2.19. The van der Waals surface area contributed by atoms with E-state index in [2.05, 4.69) is 25.9 Å². The van der Waals surface area contributed by atoms with Gasteiger partial charge in [0, 0.05) is 11.6 Å². The molecule has 162 valence electrons. The Morgan fingerprint density at radius 2 is 1.97 bits per heavy atom. The summed E-state index contributed by atoms with van der Waals surface area (Å²) in [5.41, 5.74) is 3.42. The predicted octanol–water partition coefficient (Wildman–Crippen LogP) is 4.26. The summed E-state index contributed by atoms with van der Waals surface area (Å²) >= 11 is 6.41. The Hall–Kier alpha value is -2.12. The topological polar surface area (TPSA) is 78.3 Å². The van der Waals surface area contributed by atoms with E-state index in [1.807, 2.05) is 24.3 Å². The van der Waals surface area contributed by atoms with E-state index in [9.17, 15) is 13.2 Å². The second-order valence-corrected chi connectivity index (χ2v) is 11.3. The van der Waals surface area contributed by atoms with E-state index in [4.69, 9.17) is 16.3 Å². The molecule has 30 heavy (non-hydrogen) atoms. The minimum Gasteiger partial charge on any atom is -0.458 e. The second kappa shape index (κ2) is 8.55. The number of carbonyl (C=O) groups excluding carboxylic acids is 1. The molecule has 0 aliphatic carbocycles. The zero-order valence-corrected chi connectivity index (χ0v) is 19.3. The summed E-state index contributed by atoms with van der Waals surface area (Å²) in [6, 6.07) is 7.72. The molecule has 1 aliphatic rings. The number of carbonyl (C=O) groups is 1. The van der Waals surface area contributed by atoms with Crippen LogP contribution in [0.4, 0.5) is 0 Å². The third-order valence-corrected chi connectivity index (χ3v) is 7.34. The molecule has 1 aromatic heterocycles. The first-order valence-corrected chi connectivity index (χ1v) is 12.1. The predicted molar refractivity (Wildman–Crippen MR) is 118 cm³/mol. The molecule has 8 heteroatoms. The van der Waals surface area contributed by atoms with Crippen LogP contribution in [0.3, 0.4) is 0 Å². The third kappa shape index (κ3) is 5.32. The standard InChI is InChI=1S/C22H27ClN2O4S/c1-15-19(21(23)25(24-15)18-11-12-30(27,28)14-18)9-10-20(26)29-13-16-5-7-17(8-6-16)22(2,3)4/h5-10,18H,11-14H2,1-4H3. The van der Waals surface area contributed by atoms with Gasteiger partial charge in [-0.05, 0) is 36.0 Å². The highest BCUT2D eigenvalue weighted by Gasteiger charge is 2.31. The van der Waals surface area contributed by atoms with Gasteiger partial charge in [0.25, 0.3) is 0 Å². The summed E-state index contributed by atoms with van der Waals surface area (Å²) in [5, 5.41) is 4.70. The molecule has 0 spiro atoms. The number of esters is 1. The number of ether oxygens (including phenoxy) is 1. The Morgan fingerprint density at radius 3 is 2.53 bits per heavy atom. The van der Waals surface area contributed by atoms with Crippen LogP contribution in [0.1, 0.15) is 55.6 Å². The molecule has 0 saturated carbocycles. The minimum atomic E-state index is -3.05. The average Bonchev–Trinajstić information content (AvgIpc) is 3.16. The maximum absolute atomic E-state index is 12.1. The van der Waals surface area contributed by atoms with Crippen molar-refractivity contribution in [2.24, 2.45) is 0 Å². The molecule has 3 rings (SSSR count). The lowest BCUT2D eigenvalue weighted by Crippen LogP contribution is -2.12. The van der Waals surface area contributed by atoms with Crippen molar-refractivity contribution in [3.05, 3.63) is 57.9 Å². The molecule has 0 amide bonds. The fourth-order valence-electron chi connectivity index (χ4n) is 3.39. The molecule has 1 aliphatic heterocycles. The first-order valence-electron chi connectivity index (χ1n) is 9.85. The number of aromatic nitrogens is 2. The number of hydrogen-bond acceptors (Lipinski definition) is 5. The van der Waals surface area contributed by atoms with Crippen molar-refractivity contribution in [2.45, 2.75) is 52.2 Å². The van der Waals surface area contributed by atoms with E-state index in [1.54, 1.807) is 17.7 Å². The molecule has 1 unspecified atom stereocenters. The van der Waals surface area contributed by atoms with E-state index < -0.39 is 15.8 Å². The number of aryl methyl sites for hydroxylation is 1. The number of nitrogens with zero attached hydrogens (tertiary/aromatic N) is 2. The number of sulfone groups is 1. The van der Waals surface area contributed by atoms with Crippen molar-refractivity contribution >= 4 is 33.5 Å². The third-order valence-electron chi connectivity index (χ3n) is 5.21. The fraction of sp³-hybridized carbons (Fsp3) is 0.455. The van der Waals surface area contributed by atoms with Crippen LogP contribution in [0.5, 0.6) is 0 Å². The van der Waals surface area contributed by atoms with Gasteiger partial charge >= 0.3 is 5.97 Å². The molecule has 1 atom stereocenters. The van der Waals surface area contributed by atoms with E-state index in [-0.39, 0.29) is 29.6 Å². The van der Waals surface area contributed by atoms with Crippen LogP contribution in [0.25, 0.3) is 6.08 Å². The van der Waals surface area contributed by atoms with Gasteiger partial charge in [-0.25, -0.2) is 17.9 Å². The smallest absolute Gasteiger partial charge is 0.331 e. The zero-order valence-electron chi connectivity index (χ0n) is 17.7. The van der Waals surface area contributed by atoms with Crippen LogP contribution in [0, 0.1) is 6.92 Å². The maximum Gasteiger partial charge on any atom is 0.331 e. The summed E-state index contributed by atoms with van der Waals surface area (Å²) in [6.07, 6.45) is 3.37. The van der Waals surface area contributed by atoms with E-state index in [0.717, 1.165) is 5.56 Å². The Morgan fingerprint density at radius 1 is 1.30 bits per heavy atom. The van der Waals surface area contributed by atoms with Gasteiger partial charge in [-0.15, -0.1) is 0 Å². The van der Waals surface area contributed by atoms with Crippen LogP contribution < -0.4 is 0 Å². The van der Waals surface area contributed by atoms with Crippen LogP contribution in [0.15, 0.2) is 30.3 Å². The van der Waals surface area contributed by atoms with Crippen LogP contribution in [0.2, 0.25) is 5.15 Å². The van der Waals surface area contributed by atoms with Crippen molar-refractivity contribution in [1.29, 1.82) is 0 Å². The van der Waals surface area contributed by atoms with Gasteiger partial charge in [0.05, 0.1) is 23.2 Å². The van der Waals surface area contributed by atoms with Crippen molar-refractivity contribution in [3.8, 4) is 0 Å². The quantitative estimate of drug-likeness (QED) is 0.502. The number of hydrogen-bond donors (Lipinski definition) is 0. The second-order valence-electron chi connectivity index (χ2n) is 8.68. The van der Waals surface area contributed by atoms with Gasteiger partial charge in [-0.2, -0.15) is 5.10 Å². The van der Waals surface area contributed by atoms with Crippen molar-refractivity contribution < 1.29 is 17.9 Å². The largest absolute Gasteiger partial charge is 0.458 e. The van der Waals surface area contributed by atoms with Gasteiger partial charge in [0.15, 0.2) is 9.84 Å². The average molecular weight is 451 g/mol. The summed E-state index contributed by atoms with van der Waals surface area (Å²) < 4.78 is 30.3. The highest BCUT2D eigenvalue weighted by molar-refractivity contribution is 7.91. The van der Waals surface area contributed by atoms with Crippen LogP contribution in [-0.4, -0.2) is 35.7 Å². The maximum atomic E-state index is 12.1. The number of rotatable bonds is 5. The Bertz CT molecular complexity index is 1060. The number of benzene rings is 1. The molecular formula is C22H27ClN2O4S. The minimum absolute atomic E-state index is 0.0348. The lowest BCUT2D eigenvalue weighted by atomic mass is 9.87. The SMILES string of the molecule is Cc1nn(C2CCS(=O)(=O)C2)c(Cl)c1C=CC(=O)OCc1ccc(C(C)(C)C)cc1. The molecule has 6 nitrogen and oxygen atoms in total. The molecule has 2 heterocycles. The van der Waals surface area contributed by atoms with Crippen LogP contribution >= 0.6 is 11.6 Å². The van der Waals surface area contributed by atoms with E-state index in [1.165, 1.54) is 11.6 Å². The van der Waals surface area contributed by atoms with Crippen LogP contribution in [-0.2, 0) is 31.4 Å². The molecule has 2 aromatic rings. The number of halogens is 1. The highest BCUT2D eigenvalue weighted by atomic mass is 35.5. The lowest BCUT2D eigenvalue weighted by molar-refractivity contribution is -0.138. The van der Waals surface area contributed by atoms with Gasteiger partial charge in [0.2, 0.25) is 0 Å². The summed E-state index contributed by atoms with van der Waals surface area (Å²) in [5.74, 6) is -0.310. The Balaban J connectivity index is 1.62. The van der Waals surface area contributed by atoms with Crippen molar-refractivity contribution in [2.75, 3.05) is 11.5 Å². The first-order chi connectivity index (χ1) is 14.0.